The molecule has 0 bridgehead atoms. The zero-order valence-electron chi connectivity index (χ0n) is 40.2. The molecule has 0 aromatic rings. The predicted molar refractivity (Wildman–Crippen MR) is 261 cm³/mol. The fourth-order valence-corrected chi connectivity index (χ4v) is 7.18. The van der Waals surface area contributed by atoms with Gasteiger partial charge >= 0.3 is 17.9 Å². The lowest BCUT2D eigenvalue weighted by molar-refractivity contribution is -0.167. The molecule has 6 nitrogen and oxygen atoms in total. The summed E-state index contributed by atoms with van der Waals surface area (Å²) in [5, 5.41) is 0. The molecule has 0 saturated heterocycles. The highest BCUT2D eigenvalue weighted by molar-refractivity contribution is 5.71. The third-order valence-electron chi connectivity index (χ3n) is 11.0. The maximum Gasteiger partial charge on any atom is 0.306 e. The largest absolute Gasteiger partial charge is 0.462 e. The van der Waals surface area contributed by atoms with Crippen LogP contribution in [-0.2, 0) is 28.6 Å². The van der Waals surface area contributed by atoms with Gasteiger partial charge in [-0.05, 0) is 57.8 Å². The Labute approximate surface area is 377 Å². The molecular weight excluding hydrogens is 757 g/mol. The normalized spacial score (nSPS) is 12.5. The van der Waals surface area contributed by atoms with E-state index >= 15 is 0 Å². The third-order valence-corrected chi connectivity index (χ3v) is 11.0. The van der Waals surface area contributed by atoms with Crippen molar-refractivity contribution in [2.24, 2.45) is 0 Å². The summed E-state index contributed by atoms with van der Waals surface area (Å²) in [5.74, 6) is -0.943. The summed E-state index contributed by atoms with van der Waals surface area (Å²) < 4.78 is 16.7. The summed E-state index contributed by atoms with van der Waals surface area (Å²) >= 11 is 0. The second kappa shape index (κ2) is 49.8. The molecule has 0 spiro atoms. The minimum Gasteiger partial charge on any atom is -0.462 e. The number of hydrogen-bond acceptors (Lipinski definition) is 6. The number of allylic oxidation sites excluding steroid dienone is 10. The standard InChI is InChI=1S/C55H96O6/c1-4-7-10-13-16-19-22-24-26-27-29-30-33-36-39-42-45-48-54(57)60-51-52(50-59-53(56)47-44-41-38-35-32-21-18-15-12-9-6-3)61-55(58)49-46-43-40-37-34-31-28-25-23-20-17-14-11-8-5-2/h7,10,16,19,24,26,29-30,36,39,52H,4-6,8-9,11-15,17-18,20-23,25,27-28,31-35,37-38,40-51H2,1-3H3/b10-7-,19-16-,26-24-,30-29-,39-36-/t52-/m0/s1. The van der Waals surface area contributed by atoms with Gasteiger partial charge in [-0.3, -0.25) is 14.4 Å². The zero-order chi connectivity index (χ0) is 44.4. The fourth-order valence-electron chi connectivity index (χ4n) is 7.18. The third kappa shape index (κ3) is 48.0. The van der Waals surface area contributed by atoms with Gasteiger partial charge in [-0.25, -0.2) is 0 Å². The molecule has 0 aliphatic carbocycles. The Morgan fingerprint density at radius 2 is 0.639 bits per heavy atom. The topological polar surface area (TPSA) is 78.9 Å². The van der Waals surface area contributed by atoms with Gasteiger partial charge < -0.3 is 14.2 Å². The predicted octanol–water partition coefficient (Wildman–Crippen LogP) is 16.9. The van der Waals surface area contributed by atoms with Crippen molar-refractivity contribution in [3.8, 4) is 0 Å². The van der Waals surface area contributed by atoms with E-state index in [1.807, 2.05) is 0 Å². The van der Waals surface area contributed by atoms with E-state index < -0.39 is 6.10 Å². The first-order chi connectivity index (χ1) is 30.0. The highest BCUT2D eigenvalue weighted by Gasteiger charge is 2.19. The molecule has 0 fully saturated rings. The number of rotatable bonds is 46. The average molecular weight is 853 g/mol. The maximum absolute atomic E-state index is 12.8. The van der Waals surface area contributed by atoms with Crippen LogP contribution >= 0.6 is 0 Å². The van der Waals surface area contributed by atoms with E-state index in [0.717, 1.165) is 77.0 Å². The van der Waals surface area contributed by atoms with Crippen molar-refractivity contribution in [1.29, 1.82) is 0 Å². The number of unbranched alkanes of at least 4 members (excludes halogenated alkanes) is 25. The van der Waals surface area contributed by atoms with Crippen LogP contribution in [0.3, 0.4) is 0 Å². The molecule has 0 N–H and O–H groups in total. The van der Waals surface area contributed by atoms with Crippen LogP contribution in [0, 0.1) is 0 Å². The highest BCUT2D eigenvalue weighted by Crippen LogP contribution is 2.15. The average Bonchev–Trinajstić information content (AvgIpc) is 3.26. The molecule has 0 heterocycles. The number of hydrogen-bond donors (Lipinski definition) is 0. The van der Waals surface area contributed by atoms with Crippen LogP contribution in [0.2, 0.25) is 0 Å². The molecule has 61 heavy (non-hydrogen) atoms. The molecule has 0 amide bonds. The second-order valence-electron chi connectivity index (χ2n) is 17.1. The number of carbonyl (C=O) groups excluding carboxylic acids is 3. The van der Waals surface area contributed by atoms with Crippen LogP contribution in [0.25, 0.3) is 0 Å². The van der Waals surface area contributed by atoms with Crippen molar-refractivity contribution in [2.75, 3.05) is 13.2 Å². The van der Waals surface area contributed by atoms with Crippen molar-refractivity contribution in [3.63, 3.8) is 0 Å². The molecular formula is C55H96O6. The summed E-state index contributed by atoms with van der Waals surface area (Å²) in [5.41, 5.74) is 0. The van der Waals surface area contributed by atoms with Gasteiger partial charge in [0.05, 0.1) is 0 Å². The van der Waals surface area contributed by atoms with Crippen LogP contribution in [0.5, 0.6) is 0 Å². The van der Waals surface area contributed by atoms with E-state index in [9.17, 15) is 14.4 Å². The van der Waals surface area contributed by atoms with Crippen LogP contribution in [-0.4, -0.2) is 37.2 Å². The Morgan fingerprint density at radius 3 is 1.00 bits per heavy atom. The van der Waals surface area contributed by atoms with Crippen molar-refractivity contribution < 1.29 is 28.6 Å². The smallest absolute Gasteiger partial charge is 0.306 e. The van der Waals surface area contributed by atoms with E-state index in [1.165, 1.54) is 128 Å². The van der Waals surface area contributed by atoms with E-state index in [2.05, 4.69) is 81.5 Å². The molecule has 1 atom stereocenters. The molecule has 0 rings (SSSR count). The van der Waals surface area contributed by atoms with Gasteiger partial charge in [0, 0.05) is 19.3 Å². The molecule has 0 saturated carbocycles. The summed E-state index contributed by atoms with van der Waals surface area (Å²) in [4.78, 5) is 37.9. The minimum absolute atomic E-state index is 0.0885. The monoisotopic (exact) mass is 853 g/mol. The Balaban J connectivity index is 4.44. The first-order valence-corrected chi connectivity index (χ1v) is 25.8. The lowest BCUT2D eigenvalue weighted by Gasteiger charge is -2.18. The van der Waals surface area contributed by atoms with E-state index in [4.69, 9.17) is 14.2 Å². The molecule has 352 valence electrons. The quantitative estimate of drug-likeness (QED) is 0.0263. The SMILES string of the molecule is CC/C=C\C/C=C\C/C=C\C/C=C\C/C=C\CCCC(=O)OC[C@H](COC(=O)CCCCCCCCCCCCC)OC(=O)CCCCCCCCCCCCCCCCC. The van der Waals surface area contributed by atoms with Crippen molar-refractivity contribution >= 4 is 17.9 Å². The summed E-state index contributed by atoms with van der Waals surface area (Å²) in [7, 11) is 0. The van der Waals surface area contributed by atoms with Crippen LogP contribution in [0.4, 0.5) is 0 Å². The summed E-state index contributed by atoms with van der Waals surface area (Å²) in [6.07, 6.45) is 60.6. The van der Waals surface area contributed by atoms with Gasteiger partial charge in [0.25, 0.3) is 0 Å². The van der Waals surface area contributed by atoms with E-state index in [1.54, 1.807) is 0 Å². The number of esters is 3. The van der Waals surface area contributed by atoms with Crippen molar-refractivity contribution in [3.05, 3.63) is 60.8 Å². The molecule has 0 radical (unpaired) electrons. The molecule has 0 aliphatic rings. The van der Waals surface area contributed by atoms with Gasteiger partial charge in [0.2, 0.25) is 0 Å². The number of carbonyl (C=O) groups is 3. The summed E-state index contributed by atoms with van der Waals surface area (Å²) in [6, 6.07) is 0. The Morgan fingerprint density at radius 1 is 0.344 bits per heavy atom. The molecule has 0 aromatic heterocycles. The van der Waals surface area contributed by atoms with Crippen LogP contribution in [0.15, 0.2) is 60.8 Å². The lowest BCUT2D eigenvalue weighted by Crippen LogP contribution is -2.30. The fraction of sp³-hybridized carbons (Fsp3) is 0.764. The molecule has 0 aliphatic heterocycles. The molecule has 6 heteroatoms. The van der Waals surface area contributed by atoms with Crippen LogP contribution < -0.4 is 0 Å². The van der Waals surface area contributed by atoms with Gasteiger partial charge in [0.1, 0.15) is 13.2 Å². The molecule has 0 unspecified atom stereocenters. The van der Waals surface area contributed by atoms with Crippen molar-refractivity contribution in [2.45, 2.75) is 258 Å². The van der Waals surface area contributed by atoms with Gasteiger partial charge in [-0.2, -0.15) is 0 Å². The van der Waals surface area contributed by atoms with E-state index in [-0.39, 0.29) is 37.5 Å². The maximum atomic E-state index is 12.8. The zero-order valence-corrected chi connectivity index (χ0v) is 40.2. The Bertz CT molecular complexity index is 1120. The van der Waals surface area contributed by atoms with Gasteiger partial charge in [-0.15, -0.1) is 0 Å². The minimum atomic E-state index is -0.792. The van der Waals surface area contributed by atoms with E-state index in [0.29, 0.717) is 19.3 Å². The second-order valence-corrected chi connectivity index (χ2v) is 17.1. The van der Waals surface area contributed by atoms with Gasteiger partial charge in [0.15, 0.2) is 6.10 Å². The van der Waals surface area contributed by atoms with Crippen LogP contribution in [0.1, 0.15) is 252 Å². The first-order valence-electron chi connectivity index (χ1n) is 25.8. The van der Waals surface area contributed by atoms with Gasteiger partial charge in [-0.1, -0.05) is 236 Å². The number of ether oxygens (including phenoxy) is 3. The first kappa shape index (κ1) is 58.1. The Kier molecular flexibility index (Phi) is 47.4. The highest BCUT2D eigenvalue weighted by atomic mass is 16.6. The summed E-state index contributed by atoms with van der Waals surface area (Å²) in [6.45, 7) is 6.48. The van der Waals surface area contributed by atoms with Crippen molar-refractivity contribution in [1.82, 2.24) is 0 Å². The molecule has 0 aromatic carbocycles. The lowest BCUT2D eigenvalue weighted by atomic mass is 10.0. The Hall–Kier alpha value is -2.89.